The number of carbonyl (C=O) groups excluding carboxylic acids is 1. The summed E-state index contributed by atoms with van der Waals surface area (Å²) in [5.74, 6) is -1.19. The number of hydrogen-bond acceptors (Lipinski definition) is 4. The van der Waals surface area contributed by atoms with Crippen molar-refractivity contribution in [2.75, 3.05) is 11.9 Å². The molecule has 0 fully saturated rings. The van der Waals surface area contributed by atoms with Crippen molar-refractivity contribution < 1.29 is 19.6 Å². The first-order valence-corrected chi connectivity index (χ1v) is 5.40. The lowest BCUT2D eigenvalue weighted by atomic mass is 10.3. The molecule has 96 valence electrons. The van der Waals surface area contributed by atoms with E-state index >= 15 is 0 Å². The summed E-state index contributed by atoms with van der Waals surface area (Å²) >= 11 is 3.11. The van der Waals surface area contributed by atoms with Crippen molar-refractivity contribution in [2.45, 2.75) is 0 Å². The zero-order chi connectivity index (χ0) is 13.7. The van der Waals surface area contributed by atoms with Crippen molar-refractivity contribution in [1.29, 1.82) is 0 Å². The fourth-order valence-electron chi connectivity index (χ4n) is 1.05. The van der Waals surface area contributed by atoms with E-state index in [1.165, 1.54) is 12.1 Å². The normalized spacial score (nSPS) is 9.61. The Kier molecular flexibility index (Phi) is 4.60. The van der Waals surface area contributed by atoms with E-state index in [1.54, 1.807) is 0 Å². The standard InChI is InChI=1S/C9H8BrN3O5/c10-6-2-1-5(13(17)18)3-7(6)12-9(16)11-4-8(14)15/h1-3H,4H2,(H,14,15)(H2,11,12,16). The Morgan fingerprint density at radius 1 is 1.44 bits per heavy atom. The van der Waals surface area contributed by atoms with Gasteiger partial charge in [-0.1, -0.05) is 0 Å². The molecule has 0 aliphatic heterocycles. The third-order valence-electron chi connectivity index (χ3n) is 1.81. The number of aliphatic carboxylic acids is 1. The number of rotatable bonds is 4. The number of anilines is 1. The number of urea groups is 1. The molecular formula is C9H8BrN3O5. The topological polar surface area (TPSA) is 122 Å². The number of carbonyl (C=O) groups is 2. The zero-order valence-corrected chi connectivity index (χ0v) is 10.4. The highest BCUT2D eigenvalue weighted by molar-refractivity contribution is 9.10. The molecule has 18 heavy (non-hydrogen) atoms. The number of nitro groups is 1. The summed E-state index contributed by atoms with van der Waals surface area (Å²) in [6.45, 7) is -0.543. The number of carboxylic acids is 1. The van der Waals surface area contributed by atoms with Crippen LogP contribution in [0.5, 0.6) is 0 Å². The van der Waals surface area contributed by atoms with Gasteiger partial charge >= 0.3 is 12.0 Å². The molecule has 0 saturated carbocycles. The number of benzene rings is 1. The third-order valence-corrected chi connectivity index (χ3v) is 2.50. The predicted octanol–water partition coefficient (Wildman–Crippen LogP) is 1.56. The largest absolute Gasteiger partial charge is 0.480 e. The van der Waals surface area contributed by atoms with Crippen LogP contribution in [0.15, 0.2) is 22.7 Å². The van der Waals surface area contributed by atoms with Gasteiger partial charge in [-0.05, 0) is 22.0 Å². The van der Waals surface area contributed by atoms with Crippen LogP contribution < -0.4 is 10.6 Å². The van der Waals surface area contributed by atoms with Crippen molar-refractivity contribution in [1.82, 2.24) is 5.32 Å². The van der Waals surface area contributed by atoms with Crippen molar-refractivity contribution in [2.24, 2.45) is 0 Å². The van der Waals surface area contributed by atoms with Crippen LogP contribution in [0.1, 0.15) is 0 Å². The maximum atomic E-state index is 11.3. The quantitative estimate of drug-likeness (QED) is 0.574. The number of nitrogens with zero attached hydrogens (tertiary/aromatic N) is 1. The molecule has 8 nitrogen and oxygen atoms in total. The highest BCUT2D eigenvalue weighted by atomic mass is 79.9. The molecule has 0 radical (unpaired) electrons. The summed E-state index contributed by atoms with van der Waals surface area (Å²) in [6.07, 6.45) is 0. The van der Waals surface area contributed by atoms with Crippen LogP contribution in [0, 0.1) is 10.1 Å². The van der Waals surface area contributed by atoms with Crippen LogP contribution in [0.25, 0.3) is 0 Å². The molecule has 0 saturated heterocycles. The average molecular weight is 318 g/mol. The molecular weight excluding hydrogens is 310 g/mol. The second-order valence-corrected chi connectivity index (χ2v) is 3.98. The molecule has 9 heteroatoms. The maximum Gasteiger partial charge on any atom is 0.323 e. The maximum absolute atomic E-state index is 11.3. The lowest BCUT2D eigenvalue weighted by Gasteiger charge is -2.07. The van der Waals surface area contributed by atoms with Gasteiger partial charge in [-0.25, -0.2) is 4.79 Å². The highest BCUT2D eigenvalue weighted by Crippen LogP contribution is 2.26. The number of nitrogens with one attached hydrogen (secondary N) is 2. The molecule has 2 amide bonds. The fraction of sp³-hybridized carbons (Fsp3) is 0.111. The molecule has 0 unspecified atom stereocenters. The minimum absolute atomic E-state index is 0.173. The number of hydrogen-bond donors (Lipinski definition) is 3. The van der Waals surface area contributed by atoms with E-state index in [0.717, 1.165) is 6.07 Å². The lowest BCUT2D eigenvalue weighted by Crippen LogP contribution is -2.33. The van der Waals surface area contributed by atoms with Crippen molar-refractivity contribution in [3.63, 3.8) is 0 Å². The van der Waals surface area contributed by atoms with E-state index in [2.05, 4.69) is 26.6 Å². The Morgan fingerprint density at radius 3 is 2.67 bits per heavy atom. The van der Waals surface area contributed by atoms with Gasteiger partial charge in [-0.3, -0.25) is 14.9 Å². The highest BCUT2D eigenvalue weighted by Gasteiger charge is 2.12. The summed E-state index contributed by atoms with van der Waals surface area (Å²) in [5.41, 5.74) is -0.0150. The molecule has 3 N–H and O–H groups in total. The van der Waals surface area contributed by atoms with Gasteiger partial charge in [0.15, 0.2) is 0 Å². The predicted molar refractivity (Wildman–Crippen MR) is 65.5 cm³/mol. The molecule has 1 rings (SSSR count). The Hall–Kier alpha value is -2.16. The molecule has 0 aliphatic rings. The Morgan fingerprint density at radius 2 is 2.11 bits per heavy atom. The lowest BCUT2D eigenvalue weighted by molar-refractivity contribution is -0.384. The Balaban J connectivity index is 2.77. The average Bonchev–Trinajstić information content (AvgIpc) is 2.29. The van der Waals surface area contributed by atoms with Gasteiger partial charge in [0.2, 0.25) is 0 Å². The van der Waals surface area contributed by atoms with E-state index in [-0.39, 0.29) is 11.4 Å². The van der Waals surface area contributed by atoms with E-state index in [0.29, 0.717) is 4.47 Å². The monoisotopic (exact) mass is 317 g/mol. The summed E-state index contributed by atoms with van der Waals surface area (Å²) in [7, 11) is 0. The van der Waals surface area contributed by atoms with Gasteiger partial charge in [0, 0.05) is 16.6 Å². The third kappa shape index (κ3) is 4.01. The van der Waals surface area contributed by atoms with Gasteiger partial charge in [0.05, 0.1) is 10.6 Å². The van der Waals surface area contributed by atoms with E-state index in [4.69, 9.17) is 5.11 Å². The zero-order valence-electron chi connectivity index (χ0n) is 8.84. The smallest absolute Gasteiger partial charge is 0.323 e. The van der Waals surface area contributed by atoms with Crippen LogP contribution in [-0.2, 0) is 4.79 Å². The SMILES string of the molecule is O=C(O)CNC(=O)Nc1cc([N+](=O)[O-])ccc1Br. The number of amides is 2. The van der Waals surface area contributed by atoms with Gasteiger partial charge in [0.25, 0.3) is 5.69 Å². The first-order chi connectivity index (χ1) is 8.40. The fourth-order valence-corrected chi connectivity index (χ4v) is 1.39. The van der Waals surface area contributed by atoms with Gasteiger partial charge < -0.3 is 15.7 Å². The van der Waals surface area contributed by atoms with Crippen LogP contribution >= 0.6 is 15.9 Å². The number of carboxylic acid groups (broad SMARTS) is 1. The molecule has 0 aliphatic carbocycles. The van der Waals surface area contributed by atoms with Crippen LogP contribution in [0.3, 0.4) is 0 Å². The summed E-state index contributed by atoms with van der Waals surface area (Å²) < 4.78 is 0.443. The Labute approximate surface area is 109 Å². The molecule has 1 aromatic rings. The summed E-state index contributed by atoms with van der Waals surface area (Å²) in [4.78, 5) is 31.4. The number of non-ortho nitro benzene ring substituents is 1. The number of halogens is 1. The molecule has 0 bridgehead atoms. The molecule has 0 atom stereocenters. The van der Waals surface area contributed by atoms with Gasteiger partial charge in [-0.2, -0.15) is 0 Å². The molecule has 0 aromatic heterocycles. The van der Waals surface area contributed by atoms with Gasteiger partial charge in [0.1, 0.15) is 6.54 Å². The minimum Gasteiger partial charge on any atom is -0.480 e. The van der Waals surface area contributed by atoms with E-state index < -0.39 is 23.5 Å². The molecule has 0 spiro atoms. The van der Waals surface area contributed by atoms with Crippen molar-refractivity contribution in [3.05, 3.63) is 32.8 Å². The van der Waals surface area contributed by atoms with E-state index in [9.17, 15) is 19.7 Å². The summed E-state index contributed by atoms with van der Waals surface area (Å²) in [5, 5.41) is 23.3. The van der Waals surface area contributed by atoms with Crippen LogP contribution in [-0.4, -0.2) is 28.6 Å². The van der Waals surface area contributed by atoms with Crippen molar-refractivity contribution >= 4 is 39.3 Å². The Bertz CT molecular complexity index is 505. The second-order valence-electron chi connectivity index (χ2n) is 3.12. The van der Waals surface area contributed by atoms with Crippen molar-refractivity contribution in [3.8, 4) is 0 Å². The molecule has 1 aromatic carbocycles. The second kappa shape index (κ2) is 5.96. The first-order valence-electron chi connectivity index (χ1n) is 4.60. The molecule has 0 heterocycles. The van der Waals surface area contributed by atoms with Gasteiger partial charge in [-0.15, -0.1) is 0 Å². The van der Waals surface area contributed by atoms with E-state index in [1.807, 2.05) is 0 Å². The summed E-state index contributed by atoms with van der Waals surface area (Å²) in [6, 6.07) is 3.07. The van der Waals surface area contributed by atoms with Crippen LogP contribution in [0.2, 0.25) is 0 Å². The minimum atomic E-state index is -1.19. The van der Waals surface area contributed by atoms with Crippen LogP contribution in [0.4, 0.5) is 16.2 Å². The first kappa shape index (κ1) is 13.9. The number of nitro benzene ring substituents is 1.